The SMILES string of the molecule is Cc1cccc(C(=O)CN2CCN3CCCCC3C2)c1. The van der Waals surface area contributed by atoms with Gasteiger partial charge in [-0.25, -0.2) is 0 Å². The third-order valence-electron chi connectivity index (χ3n) is 4.63. The molecule has 0 bridgehead atoms. The Morgan fingerprint density at radius 1 is 1.25 bits per heavy atom. The van der Waals surface area contributed by atoms with Crippen LogP contribution in [0.5, 0.6) is 0 Å². The Labute approximate surface area is 121 Å². The van der Waals surface area contributed by atoms with E-state index in [1.165, 1.54) is 25.8 Å². The maximum atomic E-state index is 12.4. The molecule has 2 heterocycles. The maximum Gasteiger partial charge on any atom is 0.176 e. The van der Waals surface area contributed by atoms with Crippen LogP contribution < -0.4 is 0 Å². The van der Waals surface area contributed by atoms with Crippen molar-refractivity contribution in [3.8, 4) is 0 Å². The number of ketones is 1. The third-order valence-corrected chi connectivity index (χ3v) is 4.63. The minimum atomic E-state index is 0.262. The summed E-state index contributed by atoms with van der Waals surface area (Å²) >= 11 is 0. The second kappa shape index (κ2) is 6.06. The first-order chi connectivity index (χ1) is 9.72. The zero-order valence-corrected chi connectivity index (χ0v) is 12.3. The molecule has 2 aliphatic rings. The fourth-order valence-electron chi connectivity index (χ4n) is 3.48. The predicted octanol–water partition coefficient (Wildman–Crippen LogP) is 2.35. The van der Waals surface area contributed by atoms with Gasteiger partial charge < -0.3 is 0 Å². The van der Waals surface area contributed by atoms with E-state index in [0.717, 1.165) is 30.8 Å². The lowest BCUT2D eigenvalue weighted by atomic mass is 9.99. The zero-order chi connectivity index (χ0) is 13.9. The second-order valence-electron chi connectivity index (χ2n) is 6.21. The standard InChI is InChI=1S/C17H24N2O/c1-14-5-4-6-15(11-14)17(20)13-18-9-10-19-8-3-2-7-16(19)12-18/h4-6,11,16H,2-3,7-10,12-13H2,1H3. The molecule has 3 heteroatoms. The Kier molecular flexibility index (Phi) is 4.18. The van der Waals surface area contributed by atoms with Crippen molar-refractivity contribution in [2.45, 2.75) is 32.2 Å². The Bertz CT molecular complexity index is 486. The van der Waals surface area contributed by atoms with Crippen LogP contribution in [-0.2, 0) is 0 Å². The molecule has 0 aliphatic carbocycles. The van der Waals surface area contributed by atoms with Gasteiger partial charge in [-0.1, -0.05) is 30.2 Å². The number of rotatable bonds is 3. The van der Waals surface area contributed by atoms with Crippen molar-refractivity contribution in [2.24, 2.45) is 0 Å². The van der Waals surface area contributed by atoms with Crippen molar-refractivity contribution in [2.75, 3.05) is 32.7 Å². The molecule has 1 unspecified atom stereocenters. The highest BCUT2D eigenvalue weighted by Crippen LogP contribution is 2.21. The lowest BCUT2D eigenvalue weighted by Gasteiger charge is -2.43. The molecular formula is C17H24N2O. The first kappa shape index (κ1) is 13.8. The number of carbonyl (C=O) groups excluding carboxylic acids is 1. The highest BCUT2D eigenvalue weighted by Gasteiger charge is 2.29. The van der Waals surface area contributed by atoms with Gasteiger partial charge >= 0.3 is 0 Å². The molecule has 1 aromatic rings. The molecule has 2 aliphatic heterocycles. The Morgan fingerprint density at radius 2 is 2.15 bits per heavy atom. The Hall–Kier alpha value is -1.19. The number of piperidine rings is 1. The van der Waals surface area contributed by atoms with E-state index in [9.17, 15) is 4.79 Å². The van der Waals surface area contributed by atoms with Crippen LogP contribution in [0.25, 0.3) is 0 Å². The average Bonchev–Trinajstić information content (AvgIpc) is 2.47. The van der Waals surface area contributed by atoms with Gasteiger partial charge in [-0.15, -0.1) is 0 Å². The molecule has 108 valence electrons. The van der Waals surface area contributed by atoms with Crippen molar-refractivity contribution in [3.63, 3.8) is 0 Å². The molecule has 1 aromatic carbocycles. The maximum absolute atomic E-state index is 12.4. The van der Waals surface area contributed by atoms with Crippen LogP contribution in [0.3, 0.4) is 0 Å². The summed E-state index contributed by atoms with van der Waals surface area (Å²) in [4.78, 5) is 17.3. The van der Waals surface area contributed by atoms with E-state index < -0.39 is 0 Å². The lowest BCUT2D eigenvalue weighted by Crippen LogP contribution is -2.55. The fraction of sp³-hybridized carbons (Fsp3) is 0.588. The average molecular weight is 272 g/mol. The predicted molar refractivity (Wildman–Crippen MR) is 81.2 cm³/mol. The molecule has 0 saturated carbocycles. The zero-order valence-electron chi connectivity index (χ0n) is 12.3. The van der Waals surface area contributed by atoms with Gasteiger partial charge in [0.05, 0.1) is 6.54 Å². The van der Waals surface area contributed by atoms with Gasteiger partial charge in [0, 0.05) is 31.2 Å². The van der Waals surface area contributed by atoms with Crippen molar-refractivity contribution >= 4 is 5.78 Å². The van der Waals surface area contributed by atoms with Crippen molar-refractivity contribution in [1.82, 2.24) is 9.80 Å². The van der Waals surface area contributed by atoms with E-state index in [0.29, 0.717) is 12.6 Å². The van der Waals surface area contributed by atoms with Crippen LogP contribution in [0.2, 0.25) is 0 Å². The molecule has 0 radical (unpaired) electrons. The highest BCUT2D eigenvalue weighted by atomic mass is 16.1. The van der Waals surface area contributed by atoms with Gasteiger partial charge in [0.2, 0.25) is 0 Å². The molecule has 20 heavy (non-hydrogen) atoms. The topological polar surface area (TPSA) is 23.6 Å². The van der Waals surface area contributed by atoms with Crippen molar-refractivity contribution in [1.29, 1.82) is 0 Å². The molecule has 0 spiro atoms. The Balaban J connectivity index is 1.59. The number of nitrogens with zero attached hydrogens (tertiary/aromatic N) is 2. The largest absolute Gasteiger partial charge is 0.298 e. The first-order valence-electron chi connectivity index (χ1n) is 7.78. The molecule has 3 nitrogen and oxygen atoms in total. The smallest absolute Gasteiger partial charge is 0.176 e. The van der Waals surface area contributed by atoms with E-state index in [2.05, 4.69) is 9.80 Å². The van der Waals surface area contributed by atoms with Crippen LogP contribution in [-0.4, -0.2) is 54.3 Å². The number of benzene rings is 1. The molecule has 1 atom stereocenters. The number of hydrogen-bond donors (Lipinski definition) is 0. The van der Waals surface area contributed by atoms with Crippen LogP contribution in [0.4, 0.5) is 0 Å². The van der Waals surface area contributed by atoms with Crippen molar-refractivity contribution in [3.05, 3.63) is 35.4 Å². The number of piperazine rings is 1. The van der Waals surface area contributed by atoms with E-state index in [1.54, 1.807) is 0 Å². The van der Waals surface area contributed by atoms with Gasteiger partial charge in [-0.05, 0) is 32.4 Å². The van der Waals surface area contributed by atoms with Gasteiger partial charge in [0.15, 0.2) is 5.78 Å². The van der Waals surface area contributed by atoms with E-state index in [-0.39, 0.29) is 5.78 Å². The first-order valence-corrected chi connectivity index (χ1v) is 7.78. The van der Waals surface area contributed by atoms with Crippen LogP contribution in [0.15, 0.2) is 24.3 Å². The van der Waals surface area contributed by atoms with Gasteiger partial charge in [-0.3, -0.25) is 14.6 Å². The normalized spacial score (nSPS) is 24.4. The minimum Gasteiger partial charge on any atom is -0.298 e. The third kappa shape index (κ3) is 3.10. The summed E-state index contributed by atoms with van der Waals surface area (Å²) in [5, 5.41) is 0. The summed E-state index contributed by atoms with van der Waals surface area (Å²) in [6.07, 6.45) is 3.99. The Morgan fingerprint density at radius 3 is 3.00 bits per heavy atom. The van der Waals surface area contributed by atoms with E-state index in [4.69, 9.17) is 0 Å². The van der Waals surface area contributed by atoms with E-state index >= 15 is 0 Å². The summed E-state index contributed by atoms with van der Waals surface area (Å²) < 4.78 is 0. The molecular weight excluding hydrogens is 248 g/mol. The summed E-state index contributed by atoms with van der Waals surface area (Å²) in [5.74, 6) is 0.262. The van der Waals surface area contributed by atoms with E-state index in [1.807, 2.05) is 31.2 Å². The summed E-state index contributed by atoms with van der Waals surface area (Å²) in [6.45, 7) is 7.10. The van der Waals surface area contributed by atoms with Gasteiger partial charge in [0.25, 0.3) is 0 Å². The minimum absolute atomic E-state index is 0.262. The number of aryl methyl sites for hydroxylation is 1. The quantitative estimate of drug-likeness (QED) is 0.789. The van der Waals surface area contributed by atoms with Gasteiger partial charge in [-0.2, -0.15) is 0 Å². The number of carbonyl (C=O) groups is 1. The molecule has 0 aromatic heterocycles. The second-order valence-corrected chi connectivity index (χ2v) is 6.21. The number of hydrogen-bond acceptors (Lipinski definition) is 3. The molecule has 0 amide bonds. The lowest BCUT2D eigenvalue weighted by molar-refractivity contribution is 0.0469. The summed E-state index contributed by atoms with van der Waals surface area (Å²) in [7, 11) is 0. The fourth-order valence-corrected chi connectivity index (χ4v) is 3.48. The molecule has 2 fully saturated rings. The summed E-state index contributed by atoms with van der Waals surface area (Å²) in [6, 6.07) is 8.63. The van der Waals surface area contributed by atoms with Crippen molar-refractivity contribution < 1.29 is 4.79 Å². The van der Waals surface area contributed by atoms with Crippen LogP contribution in [0, 0.1) is 6.92 Å². The summed E-state index contributed by atoms with van der Waals surface area (Å²) in [5.41, 5.74) is 2.02. The van der Waals surface area contributed by atoms with Crippen LogP contribution in [0.1, 0.15) is 35.2 Å². The molecule has 3 rings (SSSR count). The number of Topliss-reactive ketones (excluding diaryl/α,β-unsaturated/α-hetero) is 1. The highest BCUT2D eigenvalue weighted by molar-refractivity contribution is 5.97. The molecule has 2 saturated heterocycles. The number of fused-ring (bicyclic) bond motifs is 1. The monoisotopic (exact) mass is 272 g/mol. The van der Waals surface area contributed by atoms with Gasteiger partial charge in [0.1, 0.15) is 0 Å². The van der Waals surface area contributed by atoms with Crippen LogP contribution >= 0.6 is 0 Å². The molecule has 0 N–H and O–H groups in total.